The maximum absolute atomic E-state index is 11.9. The number of para-hydroxylation sites is 1. The highest BCUT2D eigenvalue weighted by Gasteiger charge is 2.10. The van der Waals surface area contributed by atoms with E-state index in [0.717, 1.165) is 11.9 Å². The second-order valence-electron chi connectivity index (χ2n) is 4.76. The predicted octanol–water partition coefficient (Wildman–Crippen LogP) is 3.04. The Bertz CT molecular complexity index is 740. The van der Waals surface area contributed by atoms with Gasteiger partial charge in [0, 0.05) is 23.6 Å². The van der Waals surface area contributed by atoms with Gasteiger partial charge in [-0.25, -0.2) is 0 Å². The highest BCUT2D eigenvalue weighted by atomic mass is 16.3. The Balaban J connectivity index is 1.63. The Morgan fingerprint density at radius 1 is 1.30 bits per heavy atom. The van der Waals surface area contributed by atoms with Crippen molar-refractivity contribution in [2.45, 2.75) is 13.3 Å². The first-order valence-corrected chi connectivity index (χ1v) is 6.63. The van der Waals surface area contributed by atoms with Gasteiger partial charge in [0.1, 0.15) is 5.76 Å². The number of carbonyl (C=O) groups excluding carboxylic acids is 1. The van der Waals surface area contributed by atoms with E-state index in [1.54, 1.807) is 13.0 Å². The summed E-state index contributed by atoms with van der Waals surface area (Å²) in [6.45, 7) is 2.39. The fourth-order valence-corrected chi connectivity index (χ4v) is 2.36. The van der Waals surface area contributed by atoms with Crippen molar-refractivity contribution >= 4 is 16.8 Å². The molecule has 20 heavy (non-hydrogen) atoms. The Labute approximate surface area is 116 Å². The van der Waals surface area contributed by atoms with Gasteiger partial charge in [0.15, 0.2) is 0 Å². The third kappa shape index (κ3) is 2.32. The number of aryl methyl sites for hydroxylation is 1. The topological polar surface area (TPSA) is 58.0 Å². The maximum Gasteiger partial charge on any atom is 0.254 e. The third-order valence-electron chi connectivity index (χ3n) is 3.46. The standard InChI is InChI=1S/C16H16N2O2/c1-11-13(7-9-20-11)16(19)17-8-6-12-10-18-15-5-3-2-4-14(12)15/h2-5,7,9-10,18H,6,8H2,1H3,(H,17,19). The molecule has 2 aromatic heterocycles. The van der Waals surface area contributed by atoms with Gasteiger partial charge in [-0.15, -0.1) is 0 Å². The zero-order valence-electron chi connectivity index (χ0n) is 11.3. The van der Waals surface area contributed by atoms with E-state index >= 15 is 0 Å². The average molecular weight is 268 g/mol. The molecule has 0 aliphatic rings. The van der Waals surface area contributed by atoms with E-state index in [0.29, 0.717) is 17.9 Å². The molecule has 1 amide bonds. The summed E-state index contributed by atoms with van der Waals surface area (Å²) in [6.07, 6.45) is 4.33. The molecule has 3 rings (SSSR count). The summed E-state index contributed by atoms with van der Waals surface area (Å²) in [6, 6.07) is 9.85. The van der Waals surface area contributed by atoms with Crippen molar-refractivity contribution in [1.82, 2.24) is 10.3 Å². The average Bonchev–Trinajstić information content (AvgIpc) is 3.05. The van der Waals surface area contributed by atoms with Crippen LogP contribution in [0.25, 0.3) is 10.9 Å². The normalized spacial score (nSPS) is 10.8. The summed E-state index contributed by atoms with van der Waals surface area (Å²) in [4.78, 5) is 15.2. The van der Waals surface area contributed by atoms with E-state index in [-0.39, 0.29) is 5.91 Å². The Kier molecular flexibility index (Phi) is 3.29. The van der Waals surface area contributed by atoms with Crippen LogP contribution >= 0.6 is 0 Å². The molecule has 0 unspecified atom stereocenters. The minimum absolute atomic E-state index is 0.0870. The van der Waals surface area contributed by atoms with Crippen LogP contribution in [-0.2, 0) is 6.42 Å². The summed E-state index contributed by atoms with van der Waals surface area (Å²) >= 11 is 0. The molecule has 0 saturated carbocycles. The molecule has 0 saturated heterocycles. The van der Waals surface area contributed by atoms with Gasteiger partial charge >= 0.3 is 0 Å². The lowest BCUT2D eigenvalue weighted by Crippen LogP contribution is -2.25. The van der Waals surface area contributed by atoms with Crippen LogP contribution in [0.1, 0.15) is 21.7 Å². The van der Waals surface area contributed by atoms with Gasteiger partial charge in [0.25, 0.3) is 5.91 Å². The Morgan fingerprint density at radius 3 is 2.95 bits per heavy atom. The zero-order chi connectivity index (χ0) is 13.9. The second kappa shape index (κ2) is 5.25. The quantitative estimate of drug-likeness (QED) is 0.764. The van der Waals surface area contributed by atoms with Crippen LogP contribution in [0, 0.1) is 6.92 Å². The molecule has 0 spiro atoms. The third-order valence-corrected chi connectivity index (χ3v) is 3.46. The van der Waals surface area contributed by atoms with Gasteiger partial charge in [-0.3, -0.25) is 4.79 Å². The van der Waals surface area contributed by atoms with Gasteiger partial charge in [-0.1, -0.05) is 18.2 Å². The molecule has 0 aliphatic heterocycles. The molecule has 4 heteroatoms. The van der Waals surface area contributed by atoms with Crippen LogP contribution in [0.3, 0.4) is 0 Å². The highest BCUT2D eigenvalue weighted by molar-refractivity contribution is 5.95. The van der Waals surface area contributed by atoms with Gasteiger partial charge in [0.2, 0.25) is 0 Å². The van der Waals surface area contributed by atoms with Crippen molar-refractivity contribution in [3.8, 4) is 0 Å². The molecule has 0 fully saturated rings. The van der Waals surface area contributed by atoms with Gasteiger partial charge in [0.05, 0.1) is 11.8 Å². The van der Waals surface area contributed by atoms with Gasteiger partial charge in [-0.05, 0) is 31.0 Å². The zero-order valence-corrected chi connectivity index (χ0v) is 11.3. The van der Waals surface area contributed by atoms with Crippen LogP contribution in [0.5, 0.6) is 0 Å². The predicted molar refractivity (Wildman–Crippen MR) is 77.8 cm³/mol. The molecule has 0 atom stereocenters. The molecule has 0 aliphatic carbocycles. The molecule has 102 valence electrons. The number of aromatic nitrogens is 1. The number of rotatable bonds is 4. The van der Waals surface area contributed by atoms with E-state index in [9.17, 15) is 4.79 Å². The lowest BCUT2D eigenvalue weighted by molar-refractivity contribution is 0.0952. The Morgan fingerprint density at radius 2 is 2.15 bits per heavy atom. The van der Waals surface area contributed by atoms with Crippen LogP contribution in [0.15, 0.2) is 47.2 Å². The van der Waals surface area contributed by atoms with Crippen molar-refractivity contribution in [2.24, 2.45) is 0 Å². The number of benzene rings is 1. The van der Waals surface area contributed by atoms with Crippen molar-refractivity contribution in [1.29, 1.82) is 0 Å². The molecular weight excluding hydrogens is 252 g/mol. The van der Waals surface area contributed by atoms with Crippen molar-refractivity contribution in [2.75, 3.05) is 6.54 Å². The number of nitrogens with one attached hydrogen (secondary N) is 2. The van der Waals surface area contributed by atoms with E-state index in [2.05, 4.69) is 16.4 Å². The molecule has 2 heterocycles. The summed E-state index contributed by atoms with van der Waals surface area (Å²) in [7, 11) is 0. The first kappa shape index (κ1) is 12.5. The number of hydrogen-bond acceptors (Lipinski definition) is 2. The highest BCUT2D eigenvalue weighted by Crippen LogP contribution is 2.17. The summed E-state index contributed by atoms with van der Waals surface area (Å²) in [5, 5.41) is 4.13. The number of amides is 1. The van der Waals surface area contributed by atoms with E-state index in [1.807, 2.05) is 24.4 Å². The van der Waals surface area contributed by atoms with Crippen LogP contribution < -0.4 is 5.32 Å². The number of furan rings is 1. The van der Waals surface area contributed by atoms with Crippen molar-refractivity contribution in [3.63, 3.8) is 0 Å². The lowest BCUT2D eigenvalue weighted by atomic mass is 10.1. The first-order chi connectivity index (χ1) is 9.75. The van der Waals surface area contributed by atoms with E-state index < -0.39 is 0 Å². The number of hydrogen-bond donors (Lipinski definition) is 2. The fraction of sp³-hybridized carbons (Fsp3) is 0.188. The van der Waals surface area contributed by atoms with Crippen molar-refractivity contribution < 1.29 is 9.21 Å². The minimum Gasteiger partial charge on any atom is -0.469 e. The van der Waals surface area contributed by atoms with Crippen LogP contribution in [0.2, 0.25) is 0 Å². The van der Waals surface area contributed by atoms with Crippen molar-refractivity contribution in [3.05, 3.63) is 59.7 Å². The number of carbonyl (C=O) groups is 1. The monoisotopic (exact) mass is 268 g/mol. The molecule has 2 N–H and O–H groups in total. The largest absolute Gasteiger partial charge is 0.469 e. The first-order valence-electron chi connectivity index (χ1n) is 6.63. The summed E-state index contributed by atoms with van der Waals surface area (Å²) < 4.78 is 5.13. The summed E-state index contributed by atoms with van der Waals surface area (Å²) in [5.41, 5.74) is 2.94. The van der Waals surface area contributed by atoms with Gasteiger partial charge in [-0.2, -0.15) is 0 Å². The maximum atomic E-state index is 11.9. The minimum atomic E-state index is -0.0870. The number of H-pyrrole nitrogens is 1. The number of aromatic amines is 1. The molecule has 0 radical (unpaired) electrons. The van der Waals surface area contributed by atoms with Gasteiger partial charge < -0.3 is 14.7 Å². The smallest absolute Gasteiger partial charge is 0.254 e. The Hall–Kier alpha value is -2.49. The van der Waals surface area contributed by atoms with Crippen LogP contribution in [0.4, 0.5) is 0 Å². The molecule has 4 nitrogen and oxygen atoms in total. The van der Waals surface area contributed by atoms with E-state index in [4.69, 9.17) is 4.42 Å². The SMILES string of the molecule is Cc1occc1C(=O)NCCc1c[nH]c2ccccc12. The fourth-order valence-electron chi connectivity index (χ4n) is 2.36. The number of fused-ring (bicyclic) bond motifs is 1. The molecule has 3 aromatic rings. The summed E-state index contributed by atoms with van der Waals surface area (Å²) in [5.74, 6) is 0.561. The lowest BCUT2D eigenvalue weighted by Gasteiger charge is -2.03. The van der Waals surface area contributed by atoms with E-state index in [1.165, 1.54) is 17.2 Å². The van der Waals surface area contributed by atoms with Crippen LogP contribution in [-0.4, -0.2) is 17.4 Å². The second-order valence-corrected chi connectivity index (χ2v) is 4.76. The molecule has 1 aromatic carbocycles. The molecular formula is C16H16N2O2. The molecule has 0 bridgehead atoms.